The van der Waals surface area contributed by atoms with E-state index in [4.69, 9.17) is 4.74 Å². The van der Waals surface area contributed by atoms with Crippen molar-refractivity contribution in [1.82, 2.24) is 14.9 Å². The van der Waals surface area contributed by atoms with E-state index in [1.807, 2.05) is 25.2 Å². The average Bonchev–Trinajstić information content (AvgIpc) is 2.96. The highest BCUT2D eigenvalue weighted by molar-refractivity contribution is 5.78. The number of aryl methyl sites for hydroxylation is 3. The fourth-order valence-corrected chi connectivity index (χ4v) is 2.99. The first-order valence-electron chi connectivity index (χ1n) is 8.88. The summed E-state index contributed by atoms with van der Waals surface area (Å²) in [6.07, 6.45) is 1.96. The van der Waals surface area contributed by atoms with Gasteiger partial charge in [0.25, 0.3) is 0 Å². The number of methoxy groups -OCH3 is 1. The number of imidazole rings is 1. The number of carbonyl (C=O) groups excluding carboxylic acids is 1. The lowest BCUT2D eigenvalue weighted by molar-refractivity contribution is -0.121. The van der Waals surface area contributed by atoms with E-state index in [9.17, 15) is 4.79 Å². The number of fused-ring (bicyclic) bond motifs is 1. The largest absolute Gasteiger partial charge is 0.497 e. The number of aromatic nitrogens is 2. The lowest BCUT2D eigenvalue weighted by atomic mass is 10.1. The van der Waals surface area contributed by atoms with Crippen molar-refractivity contribution in [1.29, 1.82) is 0 Å². The summed E-state index contributed by atoms with van der Waals surface area (Å²) in [5, 5.41) is 2.99. The monoisotopic (exact) mass is 351 g/mol. The van der Waals surface area contributed by atoms with Crippen molar-refractivity contribution in [2.24, 2.45) is 7.05 Å². The van der Waals surface area contributed by atoms with Gasteiger partial charge in [-0.05, 0) is 31.0 Å². The SMILES string of the molecule is COc1ccc2c(c1)nc(CCNC(=O)CCc1ccc(C)cc1)n2C. The maximum atomic E-state index is 12.1. The first-order valence-corrected chi connectivity index (χ1v) is 8.88. The zero-order valence-electron chi connectivity index (χ0n) is 15.6. The van der Waals surface area contributed by atoms with Gasteiger partial charge in [-0.2, -0.15) is 0 Å². The Morgan fingerprint density at radius 2 is 1.92 bits per heavy atom. The molecule has 0 atom stereocenters. The molecule has 0 saturated carbocycles. The molecule has 0 aliphatic carbocycles. The highest BCUT2D eigenvalue weighted by atomic mass is 16.5. The molecule has 3 rings (SSSR count). The van der Waals surface area contributed by atoms with E-state index in [0.29, 0.717) is 19.4 Å². The summed E-state index contributed by atoms with van der Waals surface area (Å²) in [7, 11) is 3.65. The quantitative estimate of drug-likeness (QED) is 0.711. The van der Waals surface area contributed by atoms with Crippen molar-refractivity contribution in [2.45, 2.75) is 26.2 Å². The van der Waals surface area contributed by atoms with E-state index in [1.54, 1.807) is 7.11 Å². The first-order chi connectivity index (χ1) is 12.6. The minimum atomic E-state index is 0.0750. The van der Waals surface area contributed by atoms with E-state index in [-0.39, 0.29) is 5.91 Å². The molecule has 1 amide bonds. The lowest BCUT2D eigenvalue weighted by Crippen LogP contribution is -2.26. The third-order valence-electron chi connectivity index (χ3n) is 4.61. The molecule has 0 aliphatic heterocycles. The van der Waals surface area contributed by atoms with Gasteiger partial charge in [0.15, 0.2) is 0 Å². The van der Waals surface area contributed by atoms with Crippen LogP contribution < -0.4 is 10.1 Å². The third kappa shape index (κ3) is 4.23. The van der Waals surface area contributed by atoms with Gasteiger partial charge in [0, 0.05) is 32.5 Å². The second kappa shape index (κ2) is 8.04. The molecule has 0 saturated heterocycles. The van der Waals surface area contributed by atoms with Crippen molar-refractivity contribution < 1.29 is 9.53 Å². The van der Waals surface area contributed by atoms with Gasteiger partial charge in [0.2, 0.25) is 5.91 Å². The average molecular weight is 351 g/mol. The number of amides is 1. The molecule has 1 aromatic heterocycles. The van der Waals surface area contributed by atoms with E-state index in [0.717, 1.165) is 29.0 Å². The zero-order valence-corrected chi connectivity index (χ0v) is 15.6. The Kier molecular flexibility index (Phi) is 5.56. The minimum Gasteiger partial charge on any atom is -0.497 e. The summed E-state index contributed by atoms with van der Waals surface area (Å²) in [6.45, 7) is 2.65. The molecule has 0 fully saturated rings. The van der Waals surface area contributed by atoms with Gasteiger partial charge in [0.1, 0.15) is 11.6 Å². The van der Waals surface area contributed by atoms with Gasteiger partial charge >= 0.3 is 0 Å². The molecular formula is C21H25N3O2. The van der Waals surface area contributed by atoms with Crippen LogP contribution in [0, 0.1) is 6.92 Å². The van der Waals surface area contributed by atoms with Crippen LogP contribution in [0.1, 0.15) is 23.4 Å². The van der Waals surface area contributed by atoms with Crippen LogP contribution in [-0.2, 0) is 24.7 Å². The summed E-state index contributed by atoms with van der Waals surface area (Å²) >= 11 is 0. The Labute approximate surface area is 154 Å². The van der Waals surface area contributed by atoms with Crippen molar-refractivity contribution >= 4 is 16.9 Å². The number of benzene rings is 2. The number of hydrogen-bond donors (Lipinski definition) is 1. The summed E-state index contributed by atoms with van der Waals surface area (Å²) in [6, 6.07) is 14.2. The van der Waals surface area contributed by atoms with Crippen LogP contribution in [0.5, 0.6) is 5.75 Å². The molecule has 1 N–H and O–H groups in total. The van der Waals surface area contributed by atoms with Gasteiger partial charge < -0.3 is 14.6 Å². The number of carbonyl (C=O) groups is 1. The predicted molar refractivity (Wildman–Crippen MR) is 103 cm³/mol. The van der Waals surface area contributed by atoms with Crippen LogP contribution >= 0.6 is 0 Å². The minimum absolute atomic E-state index is 0.0750. The second-order valence-electron chi connectivity index (χ2n) is 6.53. The molecule has 5 nitrogen and oxygen atoms in total. The third-order valence-corrected chi connectivity index (χ3v) is 4.61. The molecule has 0 radical (unpaired) electrons. The number of nitrogens with one attached hydrogen (secondary N) is 1. The van der Waals surface area contributed by atoms with Crippen molar-refractivity contribution in [3.63, 3.8) is 0 Å². The van der Waals surface area contributed by atoms with Crippen LogP contribution in [-0.4, -0.2) is 29.1 Å². The predicted octanol–water partition coefficient (Wildman–Crippen LogP) is 3.18. The van der Waals surface area contributed by atoms with Crippen LogP contribution in [0.2, 0.25) is 0 Å². The van der Waals surface area contributed by atoms with Crippen LogP contribution in [0.3, 0.4) is 0 Å². The Balaban J connectivity index is 1.51. The Morgan fingerprint density at radius 3 is 2.65 bits per heavy atom. The molecule has 0 aliphatic rings. The van der Waals surface area contributed by atoms with E-state index in [2.05, 4.69) is 46.1 Å². The topological polar surface area (TPSA) is 56.1 Å². The molecule has 0 bridgehead atoms. The summed E-state index contributed by atoms with van der Waals surface area (Å²) in [5.41, 5.74) is 4.40. The number of rotatable bonds is 7. The van der Waals surface area contributed by atoms with Crippen LogP contribution in [0.15, 0.2) is 42.5 Å². The Hall–Kier alpha value is -2.82. The van der Waals surface area contributed by atoms with E-state index in [1.165, 1.54) is 11.1 Å². The molecule has 2 aromatic carbocycles. The second-order valence-corrected chi connectivity index (χ2v) is 6.53. The molecule has 26 heavy (non-hydrogen) atoms. The fourth-order valence-electron chi connectivity index (χ4n) is 2.99. The van der Waals surface area contributed by atoms with Crippen molar-refractivity contribution in [3.8, 4) is 5.75 Å². The maximum Gasteiger partial charge on any atom is 0.220 e. The van der Waals surface area contributed by atoms with Gasteiger partial charge in [-0.25, -0.2) is 4.98 Å². The lowest BCUT2D eigenvalue weighted by Gasteiger charge is -2.06. The van der Waals surface area contributed by atoms with E-state index >= 15 is 0 Å². The Morgan fingerprint density at radius 1 is 1.15 bits per heavy atom. The first kappa shape index (κ1) is 18.0. The summed E-state index contributed by atoms with van der Waals surface area (Å²) < 4.78 is 7.31. The molecule has 0 spiro atoms. The summed E-state index contributed by atoms with van der Waals surface area (Å²) in [4.78, 5) is 16.7. The molecular weight excluding hydrogens is 326 g/mol. The number of hydrogen-bond acceptors (Lipinski definition) is 3. The summed E-state index contributed by atoms with van der Waals surface area (Å²) in [5.74, 6) is 1.82. The van der Waals surface area contributed by atoms with E-state index < -0.39 is 0 Å². The number of ether oxygens (including phenoxy) is 1. The van der Waals surface area contributed by atoms with Crippen molar-refractivity contribution in [3.05, 3.63) is 59.4 Å². The molecule has 3 aromatic rings. The highest BCUT2D eigenvalue weighted by Gasteiger charge is 2.09. The molecule has 0 unspecified atom stereocenters. The fraction of sp³-hybridized carbons (Fsp3) is 0.333. The molecule has 5 heteroatoms. The van der Waals surface area contributed by atoms with Gasteiger partial charge in [0.05, 0.1) is 18.1 Å². The zero-order chi connectivity index (χ0) is 18.5. The number of nitrogens with zero attached hydrogens (tertiary/aromatic N) is 2. The van der Waals surface area contributed by atoms with Gasteiger partial charge in [-0.1, -0.05) is 29.8 Å². The van der Waals surface area contributed by atoms with Crippen LogP contribution in [0.4, 0.5) is 0 Å². The smallest absolute Gasteiger partial charge is 0.220 e. The van der Waals surface area contributed by atoms with Gasteiger partial charge in [-0.15, -0.1) is 0 Å². The Bertz CT molecular complexity index is 898. The highest BCUT2D eigenvalue weighted by Crippen LogP contribution is 2.21. The van der Waals surface area contributed by atoms with Gasteiger partial charge in [-0.3, -0.25) is 4.79 Å². The van der Waals surface area contributed by atoms with Crippen molar-refractivity contribution in [2.75, 3.05) is 13.7 Å². The molecule has 136 valence electrons. The maximum absolute atomic E-state index is 12.1. The molecule has 1 heterocycles. The normalized spacial score (nSPS) is 10.9. The standard InChI is InChI=1S/C21H25N3O2/c1-15-4-6-16(7-5-15)8-11-21(25)22-13-12-20-23-18-14-17(26-3)9-10-19(18)24(20)2/h4-7,9-10,14H,8,11-13H2,1-3H3,(H,22,25). The van der Waals surface area contributed by atoms with Crippen LogP contribution in [0.25, 0.3) is 11.0 Å².